The van der Waals surface area contributed by atoms with Crippen LogP contribution in [0, 0.1) is 0 Å². The smallest absolute Gasteiger partial charge is 0.306 e. The lowest BCUT2D eigenvalue weighted by Crippen LogP contribution is -2.30. The van der Waals surface area contributed by atoms with Crippen molar-refractivity contribution >= 4 is 17.9 Å². The summed E-state index contributed by atoms with van der Waals surface area (Å²) in [7, 11) is 0. The maximum Gasteiger partial charge on any atom is 0.306 e. The Bertz CT molecular complexity index is 1180. The van der Waals surface area contributed by atoms with Crippen molar-refractivity contribution in [2.24, 2.45) is 0 Å². The van der Waals surface area contributed by atoms with Crippen LogP contribution in [0.5, 0.6) is 0 Å². The van der Waals surface area contributed by atoms with E-state index in [1.165, 1.54) is 135 Å². The number of carbonyl (C=O) groups excluding carboxylic acids is 3. The van der Waals surface area contributed by atoms with Crippen LogP contribution in [0.25, 0.3) is 0 Å². The zero-order valence-electron chi connectivity index (χ0n) is 43.0. The van der Waals surface area contributed by atoms with Gasteiger partial charge in [-0.1, -0.05) is 236 Å². The third kappa shape index (κ3) is 51.9. The summed E-state index contributed by atoms with van der Waals surface area (Å²) >= 11 is 0. The molecule has 0 aliphatic rings. The van der Waals surface area contributed by atoms with Gasteiger partial charge in [0.05, 0.1) is 0 Å². The molecule has 6 nitrogen and oxygen atoms in total. The van der Waals surface area contributed by atoms with Gasteiger partial charge in [0, 0.05) is 19.3 Å². The summed E-state index contributed by atoms with van der Waals surface area (Å²) in [5, 5.41) is 0. The van der Waals surface area contributed by atoms with E-state index in [2.05, 4.69) is 81.5 Å². The van der Waals surface area contributed by atoms with Gasteiger partial charge in [-0.05, 0) is 83.5 Å². The first kappa shape index (κ1) is 62.1. The highest BCUT2D eigenvalue weighted by Crippen LogP contribution is 2.16. The predicted octanol–water partition coefficient (Wildman–Crippen LogP) is 18.4. The van der Waals surface area contributed by atoms with Crippen molar-refractivity contribution in [1.29, 1.82) is 0 Å². The van der Waals surface area contributed by atoms with Gasteiger partial charge in [-0.2, -0.15) is 0 Å². The lowest BCUT2D eigenvalue weighted by molar-refractivity contribution is -0.167. The van der Waals surface area contributed by atoms with Gasteiger partial charge >= 0.3 is 17.9 Å². The van der Waals surface area contributed by atoms with Gasteiger partial charge in [0.1, 0.15) is 13.2 Å². The van der Waals surface area contributed by atoms with Gasteiger partial charge in [-0.3, -0.25) is 14.4 Å². The minimum atomic E-state index is -0.783. The van der Waals surface area contributed by atoms with E-state index in [0.29, 0.717) is 19.3 Å². The molecule has 0 aromatic carbocycles. The minimum absolute atomic E-state index is 0.0803. The molecule has 65 heavy (non-hydrogen) atoms. The normalized spacial score (nSPS) is 12.5. The van der Waals surface area contributed by atoms with Crippen molar-refractivity contribution in [2.45, 2.75) is 284 Å². The zero-order valence-corrected chi connectivity index (χ0v) is 43.0. The molecule has 0 aromatic rings. The Balaban J connectivity index is 4.37. The monoisotopic (exact) mass is 909 g/mol. The summed E-state index contributed by atoms with van der Waals surface area (Å²) in [4.78, 5) is 38.1. The molecule has 0 saturated heterocycles. The molecule has 0 bridgehead atoms. The van der Waals surface area contributed by atoms with Crippen molar-refractivity contribution in [3.05, 3.63) is 60.8 Å². The van der Waals surface area contributed by atoms with E-state index < -0.39 is 6.10 Å². The predicted molar refractivity (Wildman–Crippen MR) is 279 cm³/mol. The Hall–Kier alpha value is -2.89. The number of allylic oxidation sites excluding steroid dienone is 10. The van der Waals surface area contributed by atoms with E-state index in [1.54, 1.807) is 0 Å². The molecule has 0 aliphatic carbocycles. The second-order valence-corrected chi connectivity index (χ2v) is 18.5. The second kappa shape index (κ2) is 53.7. The van der Waals surface area contributed by atoms with Crippen LogP contribution in [0.1, 0.15) is 278 Å². The highest BCUT2D eigenvalue weighted by molar-refractivity contribution is 5.71. The van der Waals surface area contributed by atoms with Crippen LogP contribution >= 0.6 is 0 Å². The summed E-state index contributed by atoms with van der Waals surface area (Å²) < 4.78 is 16.8. The van der Waals surface area contributed by atoms with E-state index >= 15 is 0 Å². The molecule has 6 heteroatoms. The molecule has 0 heterocycles. The molecule has 376 valence electrons. The van der Waals surface area contributed by atoms with Crippen molar-refractivity contribution in [3.8, 4) is 0 Å². The van der Waals surface area contributed by atoms with Crippen molar-refractivity contribution in [1.82, 2.24) is 0 Å². The first-order valence-corrected chi connectivity index (χ1v) is 27.8. The third-order valence-corrected chi connectivity index (χ3v) is 12.0. The van der Waals surface area contributed by atoms with Gasteiger partial charge in [-0.25, -0.2) is 0 Å². The number of rotatable bonds is 50. The van der Waals surface area contributed by atoms with Crippen molar-refractivity contribution in [2.75, 3.05) is 13.2 Å². The minimum Gasteiger partial charge on any atom is -0.462 e. The Morgan fingerprint density at radius 2 is 0.600 bits per heavy atom. The zero-order chi connectivity index (χ0) is 47.2. The standard InChI is InChI=1S/C59H104O6/c1-4-7-10-13-16-19-22-25-27-28-29-30-32-34-37-40-43-46-49-52-58(61)64-55-56(54-63-57(60)51-48-45-42-39-36-33-24-21-18-15-12-9-6-3)65-59(62)53-50-47-44-41-38-35-31-26-23-20-17-14-11-8-5-2/h8,11,16-17,19-20,25-27,31,56H,4-7,9-10,12-15,18,21-24,28-30,32-55H2,1-3H3/b11-8-,19-16-,20-17-,27-25-,31-26-/t56-/m1/s1. The lowest BCUT2D eigenvalue weighted by atomic mass is 10.0. The molecule has 0 N–H and O–H groups in total. The first-order chi connectivity index (χ1) is 32.0. The van der Waals surface area contributed by atoms with Crippen LogP contribution in [-0.4, -0.2) is 37.2 Å². The number of hydrogen-bond donors (Lipinski definition) is 0. The third-order valence-electron chi connectivity index (χ3n) is 12.0. The van der Waals surface area contributed by atoms with Crippen LogP contribution in [0.3, 0.4) is 0 Å². The largest absolute Gasteiger partial charge is 0.462 e. The highest BCUT2D eigenvalue weighted by Gasteiger charge is 2.19. The van der Waals surface area contributed by atoms with Crippen LogP contribution in [0.4, 0.5) is 0 Å². The van der Waals surface area contributed by atoms with Gasteiger partial charge in [-0.15, -0.1) is 0 Å². The van der Waals surface area contributed by atoms with E-state index in [1.807, 2.05) is 0 Å². The first-order valence-electron chi connectivity index (χ1n) is 27.8. The van der Waals surface area contributed by atoms with Crippen LogP contribution in [-0.2, 0) is 28.6 Å². The number of ether oxygens (including phenoxy) is 3. The average molecular weight is 909 g/mol. The molecule has 0 amide bonds. The number of unbranched alkanes of at least 4 members (excludes halogenated alkanes) is 29. The molecule has 0 unspecified atom stereocenters. The fourth-order valence-electron chi connectivity index (χ4n) is 7.84. The SMILES string of the molecule is CC/C=C\C/C=C\C/C=C\CCCCCCCC(=O)O[C@@H](COC(=O)CCCCCCCCCCC/C=C\C/C=C\CCCCC)COC(=O)CCCCCCCCCCCCCCC. The van der Waals surface area contributed by atoms with Gasteiger partial charge in [0.15, 0.2) is 6.10 Å². The number of hydrogen-bond acceptors (Lipinski definition) is 6. The maximum absolute atomic E-state index is 12.8. The number of carbonyl (C=O) groups is 3. The molecule has 1 atom stereocenters. The molecule has 0 spiro atoms. The second-order valence-electron chi connectivity index (χ2n) is 18.5. The van der Waals surface area contributed by atoms with Gasteiger partial charge < -0.3 is 14.2 Å². The molecule has 0 radical (unpaired) electrons. The summed E-state index contributed by atoms with van der Waals surface area (Å²) in [6.45, 7) is 6.50. The van der Waals surface area contributed by atoms with E-state index in [-0.39, 0.29) is 31.1 Å². The van der Waals surface area contributed by atoms with Crippen molar-refractivity contribution < 1.29 is 28.6 Å². The molecular weight excluding hydrogens is 805 g/mol. The van der Waals surface area contributed by atoms with E-state index in [0.717, 1.165) is 103 Å². The highest BCUT2D eigenvalue weighted by atomic mass is 16.6. The molecular formula is C59H104O6. The van der Waals surface area contributed by atoms with Crippen LogP contribution in [0.15, 0.2) is 60.8 Å². The van der Waals surface area contributed by atoms with Crippen LogP contribution < -0.4 is 0 Å². The summed E-state index contributed by atoms with van der Waals surface area (Å²) in [5.74, 6) is -0.892. The Labute approximate surface area is 402 Å². The van der Waals surface area contributed by atoms with Gasteiger partial charge in [0.2, 0.25) is 0 Å². The van der Waals surface area contributed by atoms with E-state index in [4.69, 9.17) is 14.2 Å². The molecule has 0 aromatic heterocycles. The topological polar surface area (TPSA) is 78.9 Å². The molecule has 0 rings (SSSR count). The Morgan fingerprint density at radius 1 is 0.323 bits per heavy atom. The quantitative estimate of drug-likeness (QED) is 0.0262. The summed E-state index contributed by atoms with van der Waals surface area (Å²) in [6.07, 6.45) is 66.3. The molecule has 0 fully saturated rings. The maximum atomic E-state index is 12.8. The lowest BCUT2D eigenvalue weighted by Gasteiger charge is -2.18. The average Bonchev–Trinajstić information content (AvgIpc) is 3.30. The fourth-order valence-corrected chi connectivity index (χ4v) is 7.84. The number of esters is 3. The van der Waals surface area contributed by atoms with E-state index in [9.17, 15) is 14.4 Å². The van der Waals surface area contributed by atoms with Crippen LogP contribution in [0.2, 0.25) is 0 Å². The fraction of sp³-hybridized carbons (Fsp3) is 0.780. The summed E-state index contributed by atoms with van der Waals surface area (Å²) in [6, 6.07) is 0. The molecule has 0 aliphatic heterocycles. The Morgan fingerprint density at radius 3 is 0.969 bits per heavy atom. The summed E-state index contributed by atoms with van der Waals surface area (Å²) in [5.41, 5.74) is 0. The van der Waals surface area contributed by atoms with Crippen molar-refractivity contribution in [3.63, 3.8) is 0 Å². The molecule has 0 saturated carbocycles. The Kier molecular flexibility index (Phi) is 51.3. The van der Waals surface area contributed by atoms with Gasteiger partial charge in [0.25, 0.3) is 0 Å².